The second kappa shape index (κ2) is 5.36. The van der Waals surface area contributed by atoms with Gasteiger partial charge in [0.1, 0.15) is 5.69 Å². The fourth-order valence-electron chi connectivity index (χ4n) is 2.36. The zero-order chi connectivity index (χ0) is 15.7. The predicted molar refractivity (Wildman–Crippen MR) is 84.6 cm³/mol. The van der Waals surface area contributed by atoms with E-state index >= 15 is 0 Å². The van der Waals surface area contributed by atoms with Gasteiger partial charge in [0.25, 0.3) is 0 Å². The van der Waals surface area contributed by atoms with Crippen molar-refractivity contribution >= 4 is 29.0 Å². The Labute approximate surface area is 127 Å². The molecule has 5 N–H and O–H groups in total. The summed E-state index contributed by atoms with van der Waals surface area (Å²) in [4.78, 5) is 19.4. The predicted octanol–water partition coefficient (Wildman–Crippen LogP) is 2.06. The Kier molecular flexibility index (Phi) is 3.38. The van der Waals surface area contributed by atoms with Crippen molar-refractivity contribution in [1.29, 1.82) is 0 Å². The number of carbonyl (C=O) groups excluding carboxylic acids is 1. The standard InChI is InChI=1S/C15H15N5O2/c1-8-12(9-5-3-2-4-6-9)20-13-10(18-8)7-11(19-14(13)16)22-15(17)21/h2-8,18H,1H3,(H2,16,19)(H2,17,21)/t8-/m0/s1. The number of nitrogens with one attached hydrogen (secondary N) is 1. The van der Waals surface area contributed by atoms with Crippen LogP contribution in [0.5, 0.6) is 5.88 Å². The van der Waals surface area contributed by atoms with Crippen molar-refractivity contribution in [2.75, 3.05) is 11.1 Å². The molecule has 1 aromatic heterocycles. The molecular weight excluding hydrogens is 282 g/mol. The summed E-state index contributed by atoms with van der Waals surface area (Å²) in [5.74, 6) is 0.211. The molecule has 1 amide bonds. The number of aliphatic imine (C=N–C) groups is 1. The third-order valence-electron chi connectivity index (χ3n) is 3.29. The molecule has 7 nitrogen and oxygen atoms in total. The van der Waals surface area contributed by atoms with Crippen molar-refractivity contribution in [2.24, 2.45) is 10.7 Å². The Morgan fingerprint density at radius 3 is 2.73 bits per heavy atom. The number of nitrogens with zero attached hydrogens (tertiary/aromatic N) is 2. The second-order valence-electron chi connectivity index (χ2n) is 4.89. The van der Waals surface area contributed by atoms with Crippen molar-refractivity contribution in [2.45, 2.75) is 13.0 Å². The molecule has 112 valence electrons. The molecule has 0 saturated carbocycles. The van der Waals surface area contributed by atoms with Crippen molar-refractivity contribution in [3.63, 3.8) is 0 Å². The van der Waals surface area contributed by atoms with E-state index in [-0.39, 0.29) is 17.7 Å². The van der Waals surface area contributed by atoms with Crippen molar-refractivity contribution in [3.8, 4) is 5.88 Å². The lowest BCUT2D eigenvalue weighted by atomic mass is 10.0. The summed E-state index contributed by atoms with van der Waals surface area (Å²) in [6.45, 7) is 1.99. The molecule has 1 atom stereocenters. The molecule has 0 saturated heterocycles. The summed E-state index contributed by atoms with van der Waals surface area (Å²) < 4.78 is 4.77. The smallest absolute Gasteiger partial charge is 0.391 e. The molecule has 0 unspecified atom stereocenters. The number of pyridine rings is 1. The van der Waals surface area contributed by atoms with E-state index < -0.39 is 6.09 Å². The van der Waals surface area contributed by atoms with Gasteiger partial charge in [0.2, 0.25) is 5.88 Å². The number of hydrogen-bond acceptors (Lipinski definition) is 6. The summed E-state index contributed by atoms with van der Waals surface area (Å²) in [5.41, 5.74) is 13.9. The first-order chi connectivity index (χ1) is 10.5. The molecule has 22 heavy (non-hydrogen) atoms. The van der Waals surface area contributed by atoms with Gasteiger partial charge in [0, 0.05) is 6.07 Å². The van der Waals surface area contributed by atoms with Crippen LogP contribution in [0, 0.1) is 0 Å². The molecule has 1 aromatic carbocycles. The Bertz CT molecular complexity index is 758. The number of fused-ring (bicyclic) bond motifs is 1. The van der Waals surface area contributed by atoms with Crippen LogP contribution < -0.4 is 21.5 Å². The summed E-state index contributed by atoms with van der Waals surface area (Å²) in [6, 6.07) is 11.3. The quantitative estimate of drug-likeness (QED) is 0.784. The monoisotopic (exact) mass is 297 g/mol. The van der Waals surface area contributed by atoms with Gasteiger partial charge in [-0.1, -0.05) is 30.3 Å². The van der Waals surface area contributed by atoms with Crippen LogP contribution in [0.2, 0.25) is 0 Å². The van der Waals surface area contributed by atoms with Gasteiger partial charge in [0.05, 0.1) is 17.4 Å². The number of anilines is 2. The zero-order valence-electron chi connectivity index (χ0n) is 11.9. The maximum Gasteiger partial charge on any atom is 0.411 e. The van der Waals surface area contributed by atoms with E-state index in [0.717, 1.165) is 11.3 Å². The van der Waals surface area contributed by atoms with E-state index in [1.165, 1.54) is 0 Å². The topological polar surface area (TPSA) is 116 Å². The highest BCUT2D eigenvalue weighted by Gasteiger charge is 2.23. The van der Waals surface area contributed by atoms with E-state index in [1.807, 2.05) is 37.3 Å². The van der Waals surface area contributed by atoms with E-state index in [1.54, 1.807) is 6.07 Å². The second-order valence-corrected chi connectivity index (χ2v) is 4.89. The minimum Gasteiger partial charge on any atom is -0.391 e. The van der Waals surface area contributed by atoms with Crippen LogP contribution in [0.4, 0.5) is 22.0 Å². The number of primary amides is 1. The molecule has 2 aromatic rings. The lowest BCUT2D eigenvalue weighted by molar-refractivity contribution is 0.209. The number of rotatable bonds is 2. The number of aromatic nitrogens is 1. The average molecular weight is 297 g/mol. The summed E-state index contributed by atoms with van der Waals surface area (Å²) >= 11 is 0. The molecule has 0 fully saturated rings. The maximum absolute atomic E-state index is 10.8. The van der Waals surface area contributed by atoms with E-state index in [2.05, 4.69) is 15.3 Å². The Morgan fingerprint density at radius 1 is 1.32 bits per heavy atom. The highest BCUT2D eigenvalue weighted by atomic mass is 16.6. The molecule has 3 rings (SSSR count). The van der Waals surface area contributed by atoms with Crippen LogP contribution in [0.15, 0.2) is 41.4 Å². The zero-order valence-corrected chi connectivity index (χ0v) is 11.9. The molecule has 1 aliphatic heterocycles. The molecule has 0 spiro atoms. The van der Waals surface area contributed by atoms with Crippen LogP contribution in [-0.4, -0.2) is 22.8 Å². The van der Waals surface area contributed by atoms with Gasteiger partial charge < -0.3 is 21.5 Å². The highest BCUT2D eigenvalue weighted by Crippen LogP contribution is 2.37. The number of carbonyl (C=O) groups is 1. The molecule has 0 aliphatic carbocycles. The number of nitrogen functional groups attached to an aromatic ring is 1. The summed E-state index contributed by atoms with van der Waals surface area (Å²) in [7, 11) is 0. The number of amides is 1. The third-order valence-corrected chi connectivity index (χ3v) is 3.29. The number of ether oxygens (including phenoxy) is 1. The number of nitrogens with two attached hydrogens (primary N) is 2. The van der Waals surface area contributed by atoms with Gasteiger partial charge in [-0.25, -0.2) is 9.79 Å². The van der Waals surface area contributed by atoms with Crippen LogP contribution in [-0.2, 0) is 0 Å². The Morgan fingerprint density at radius 2 is 2.05 bits per heavy atom. The largest absolute Gasteiger partial charge is 0.411 e. The van der Waals surface area contributed by atoms with E-state index in [9.17, 15) is 4.79 Å². The van der Waals surface area contributed by atoms with Crippen LogP contribution in [0.3, 0.4) is 0 Å². The lowest BCUT2D eigenvalue weighted by Crippen LogP contribution is -2.30. The van der Waals surface area contributed by atoms with Gasteiger partial charge in [0.15, 0.2) is 5.82 Å². The van der Waals surface area contributed by atoms with Gasteiger partial charge in [-0.15, -0.1) is 0 Å². The molecule has 0 bridgehead atoms. The van der Waals surface area contributed by atoms with Crippen molar-refractivity contribution in [3.05, 3.63) is 42.0 Å². The first kappa shape index (κ1) is 13.9. The normalized spacial score (nSPS) is 16.2. The molecule has 2 heterocycles. The highest BCUT2D eigenvalue weighted by molar-refractivity contribution is 6.10. The molecule has 1 aliphatic rings. The minimum absolute atomic E-state index is 0.0295. The average Bonchev–Trinajstić information content (AvgIpc) is 2.46. The van der Waals surface area contributed by atoms with Crippen molar-refractivity contribution in [1.82, 2.24) is 4.98 Å². The number of benzene rings is 1. The SMILES string of the molecule is C[C@@H]1Nc2cc(OC(N)=O)nc(N)c2N=C1c1ccccc1. The first-order valence-corrected chi connectivity index (χ1v) is 6.73. The minimum atomic E-state index is -0.941. The Balaban J connectivity index is 2.05. The van der Waals surface area contributed by atoms with E-state index in [4.69, 9.17) is 16.2 Å². The van der Waals surface area contributed by atoms with Crippen LogP contribution >= 0.6 is 0 Å². The summed E-state index contributed by atoms with van der Waals surface area (Å²) in [6.07, 6.45) is -0.941. The fourth-order valence-corrected chi connectivity index (χ4v) is 2.36. The molecular formula is C15H15N5O2. The summed E-state index contributed by atoms with van der Waals surface area (Å²) in [5, 5.41) is 3.28. The van der Waals surface area contributed by atoms with Crippen LogP contribution in [0.25, 0.3) is 0 Å². The maximum atomic E-state index is 10.8. The fraction of sp³-hybridized carbons (Fsp3) is 0.133. The number of hydrogen-bond donors (Lipinski definition) is 3. The third kappa shape index (κ3) is 2.56. The van der Waals surface area contributed by atoms with Gasteiger partial charge in [-0.05, 0) is 12.5 Å². The van der Waals surface area contributed by atoms with Gasteiger partial charge in [-0.3, -0.25) is 0 Å². The molecule has 0 radical (unpaired) electrons. The van der Waals surface area contributed by atoms with Gasteiger partial charge >= 0.3 is 6.09 Å². The lowest BCUT2D eigenvalue weighted by Gasteiger charge is -2.25. The van der Waals surface area contributed by atoms with E-state index in [0.29, 0.717) is 11.4 Å². The van der Waals surface area contributed by atoms with Crippen LogP contribution in [0.1, 0.15) is 12.5 Å². The van der Waals surface area contributed by atoms with Gasteiger partial charge in [-0.2, -0.15) is 4.98 Å². The first-order valence-electron chi connectivity index (χ1n) is 6.73. The molecule has 7 heteroatoms. The Hall–Kier alpha value is -3.09. The van der Waals surface area contributed by atoms with Crippen molar-refractivity contribution < 1.29 is 9.53 Å².